The van der Waals surface area contributed by atoms with Crippen LogP contribution in [0.5, 0.6) is 0 Å². The lowest BCUT2D eigenvalue weighted by Gasteiger charge is -2.11. The van der Waals surface area contributed by atoms with Gasteiger partial charge in [0, 0.05) is 33.9 Å². The Labute approximate surface area is 167 Å². The number of benzene rings is 3. The van der Waals surface area contributed by atoms with Gasteiger partial charge in [0.05, 0.1) is 0 Å². The zero-order chi connectivity index (χ0) is 20.1. The minimum Gasteiger partial charge on any atom is -0.348 e. The van der Waals surface area contributed by atoms with Crippen molar-refractivity contribution in [2.75, 3.05) is 5.32 Å². The molecule has 3 rings (SSSR count). The average Bonchev–Trinajstić information content (AvgIpc) is 2.70. The number of anilines is 1. The van der Waals surface area contributed by atoms with Crippen LogP contribution >= 0.6 is 11.6 Å². The predicted octanol–water partition coefficient (Wildman–Crippen LogP) is 4.97. The van der Waals surface area contributed by atoms with Crippen molar-refractivity contribution < 1.29 is 14.0 Å². The van der Waals surface area contributed by atoms with Gasteiger partial charge in [0.15, 0.2) is 0 Å². The number of hydrogen-bond acceptors (Lipinski definition) is 2. The molecule has 0 aliphatic rings. The van der Waals surface area contributed by atoms with Crippen molar-refractivity contribution in [3.05, 3.63) is 99.8 Å². The number of rotatable bonds is 5. The zero-order valence-electron chi connectivity index (χ0n) is 15.1. The Hall–Kier alpha value is -3.18. The van der Waals surface area contributed by atoms with Crippen LogP contribution in [0.25, 0.3) is 0 Å². The zero-order valence-corrected chi connectivity index (χ0v) is 15.9. The molecule has 3 aromatic carbocycles. The van der Waals surface area contributed by atoms with E-state index >= 15 is 0 Å². The molecule has 0 radical (unpaired) electrons. The van der Waals surface area contributed by atoms with Gasteiger partial charge in [-0.3, -0.25) is 9.59 Å². The first-order valence-electron chi connectivity index (χ1n) is 8.64. The van der Waals surface area contributed by atoms with E-state index < -0.39 is 5.91 Å². The maximum absolute atomic E-state index is 13.7. The number of halogens is 2. The highest BCUT2D eigenvalue weighted by atomic mass is 35.5. The average molecular weight is 397 g/mol. The van der Waals surface area contributed by atoms with Gasteiger partial charge in [-0.15, -0.1) is 0 Å². The Bertz CT molecular complexity index is 1040. The van der Waals surface area contributed by atoms with E-state index in [1.165, 1.54) is 12.1 Å². The summed E-state index contributed by atoms with van der Waals surface area (Å²) in [6.45, 7) is 1.87. The van der Waals surface area contributed by atoms with Crippen LogP contribution in [-0.4, -0.2) is 11.8 Å². The van der Waals surface area contributed by atoms with Crippen LogP contribution < -0.4 is 10.6 Å². The highest BCUT2D eigenvalue weighted by Crippen LogP contribution is 2.23. The summed E-state index contributed by atoms with van der Waals surface area (Å²) >= 11 is 6.08. The van der Waals surface area contributed by atoms with Gasteiger partial charge in [0.1, 0.15) is 5.82 Å². The van der Waals surface area contributed by atoms with E-state index in [2.05, 4.69) is 10.6 Å². The number of amides is 2. The largest absolute Gasteiger partial charge is 0.348 e. The second kappa shape index (κ2) is 8.67. The lowest BCUT2D eigenvalue weighted by atomic mass is 10.1. The van der Waals surface area contributed by atoms with Crippen molar-refractivity contribution in [2.45, 2.75) is 13.5 Å². The summed E-state index contributed by atoms with van der Waals surface area (Å²) in [5.41, 5.74) is 2.40. The number of nitrogens with one attached hydrogen (secondary N) is 2. The molecular formula is C22H18ClFN2O2. The summed E-state index contributed by atoms with van der Waals surface area (Å²) in [7, 11) is 0. The molecule has 0 aliphatic carbocycles. The van der Waals surface area contributed by atoms with Crippen molar-refractivity contribution in [1.82, 2.24) is 5.32 Å². The summed E-state index contributed by atoms with van der Waals surface area (Å²) in [5, 5.41) is 6.01. The van der Waals surface area contributed by atoms with E-state index in [4.69, 9.17) is 11.6 Å². The van der Waals surface area contributed by atoms with Gasteiger partial charge in [0.25, 0.3) is 11.8 Å². The fraction of sp³-hybridized carbons (Fsp3) is 0.0909. The van der Waals surface area contributed by atoms with Gasteiger partial charge >= 0.3 is 0 Å². The molecule has 0 aliphatic heterocycles. The molecule has 0 fully saturated rings. The Morgan fingerprint density at radius 1 is 0.929 bits per heavy atom. The molecule has 0 saturated carbocycles. The van der Waals surface area contributed by atoms with E-state index in [-0.39, 0.29) is 18.3 Å². The van der Waals surface area contributed by atoms with Crippen molar-refractivity contribution in [2.24, 2.45) is 0 Å². The van der Waals surface area contributed by atoms with Crippen molar-refractivity contribution in [3.63, 3.8) is 0 Å². The molecule has 142 valence electrons. The van der Waals surface area contributed by atoms with Gasteiger partial charge in [-0.05, 0) is 48.9 Å². The fourth-order valence-electron chi connectivity index (χ4n) is 2.66. The number of carbonyl (C=O) groups excluding carboxylic acids is 2. The number of hydrogen-bond donors (Lipinski definition) is 2. The molecule has 0 heterocycles. The third-order valence-electron chi connectivity index (χ3n) is 4.30. The second-order valence-electron chi connectivity index (χ2n) is 6.22. The molecule has 0 unspecified atom stereocenters. The van der Waals surface area contributed by atoms with Crippen LogP contribution in [0.4, 0.5) is 10.1 Å². The fourth-order valence-corrected chi connectivity index (χ4v) is 2.83. The SMILES string of the molecule is Cc1c(Cl)cccc1NC(=O)c1cccc(C(=O)NCc2ccccc2F)c1. The van der Waals surface area contributed by atoms with E-state index in [0.29, 0.717) is 27.4 Å². The molecule has 0 atom stereocenters. The van der Waals surface area contributed by atoms with Crippen LogP contribution in [0.1, 0.15) is 31.8 Å². The van der Waals surface area contributed by atoms with E-state index in [9.17, 15) is 14.0 Å². The van der Waals surface area contributed by atoms with Gasteiger partial charge < -0.3 is 10.6 Å². The van der Waals surface area contributed by atoms with Gasteiger partial charge in [0.2, 0.25) is 0 Å². The van der Waals surface area contributed by atoms with E-state index in [0.717, 1.165) is 5.56 Å². The van der Waals surface area contributed by atoms with Crippen LogP contribution in [0, 0.1) is 12.7 Å². The normalized spacial score (nSPS) is 10.4. The first-order valence-corrected chi connectivity index (χ1v) is 9.01. The van der Waals surface area contributed by atoms with Gasteiger partial charge in [-0.25, -0.2) is 4.39 Å². The highest BCUT2D eigenvalue weighted by Gasteiger charge is 2.13. The minimum atomic E-state index is -0.392. The predicted molar refractivity (Wildman–Crippen MR) is 108 cm³/mol. The molecule has 2 N–H and O–H groups in total. The second-order valence-corrected chi connectivity index (χ2v) is 6.63. The summed E-state index contributed by atoms with van der Waals surface area (Å²) in [6.07, 6.45) is 0. The Morgan fingerprint density at radius 2 is 1.61 bits per heavy atom. The third kappa shape index (κ3) is 4.56. The van der Waals surface area contributed by atoms with E-state index in [1.807, 2.05) is 6.92 Å². The molecule has 0 saturated heterocycles. The molecule has 3 aromatic rings. The first kappa shape index (κ1) is 19.6. The smallest absolute Gasteiger partial charge is 0.255 e. The summed E-state index contributed by atoms with van der Waals surface area (Å²) in [6, 6.07) is 17.8. The third-order valence-corrected chi connectivity index (χ3v) is 4.71. The van der Waals surface area contributed by atoms with Crippen LogP contribution in [0.2, 0.25) is 5.02 Å². The molecule has 2 amide bonds. The summed E-state index contributed by atoms with van der Waals surface area (Å²) < 4.78 is 13.7. The maximum atomic E-state index is 13.7. The van der Waals surface area contributed by atoms with Crippen LogP contribution in [-0.2, 0) is 6.54 Å². The minimum absolute atomic E-state index is 0.0592. The molecule has 28 heavy (non-hydrogen) atoms. The summed E-state index contributed by atoms with van der Waals surface area (Å²) in [5.74, 6) is -1.13. The van der Waals surface area contributed by atoms with Crippen LogP contribution in [0.3, 0.4) is 0 Å². The lowest BCUT2D eigenvalue weighted by molar-refractivity contribution is 0.0950. The van der Waals surface area contributed by atoms with Gasteiger partial charge in [-0.2, -0.15) is 0 Å². The molecule has 6 heteroatoms. The van der Waals surface area contributed by atoms with Gasteiger partial charge in [-0.1, -0.05) is 41.9 Å². The molecule has 0 aromatic heterocycles. The van der Waals surface area contributed by atoms with Crippen molar-refractivity contribution >= 4 is 29.1 Å². The lowest BCUT2D eigenvalue weighted by Crippen LogP contribution is -2.24. The molecular weight excluding hydrogens is 379 g/mol. The monoisotopic (exact) mass is 396 g/mol. The highest BCUT2D eigenvalue weighted by molar-refractivity contribution is 6.31. The molecule has 0 bridgehead atoms. The maximum Gasteiger partial charge on any atom is 0.255 e. The molecule has 4 nitrogen and oxygen atoms in total. The van der Waals surface area contributed by atoms with Crippen LogP contribution in [0.15, 0.2) is 66.7 Å². The topological polar surface area (TPSA) is 58.2 Å². The first-order chi connectivity index (χ1) is 13.5. The Morgan fingerprint density at radius 3 is 2.36 bits per heavy atom. The molecule has 0 spiro atoms. The van der Waals surface area contributed by atoms with Crippen molar-refractivity contribution in [3.8, 4) is 0 Å². The standard InChI is InChI=1S/C22H18ClFN2O2/c1-14-18(23)9-5-11-20(14)26-22(28)16-8-4-7-15(12-16)21(27)25-13-17-6-2-3-10-19(17)24/h2-12H,13H2,1H3,(H,25,27)(H,26,28). The summed E-state index contributed by atoms with van der Waals surface area (Å²) in [4.78, 5) is 24.9. The van der Waals surface area contributed by atoms with Crippen molar-refractivity contribution in [1.29, 1.82) is 0 Å². The Balaban J connectivity index is 1.70. The number of carbonyl (C=O) groups is 2. The quantitative estimate of drug-likeness (QED) is 0.639. The Kier molecular flexibility index (Phi) is 6.06. The van der Waals surface area contributed by atoms with E-state index in [1.54, 1.807) is 54.6 Å².